The van der Waals surface area contributed by atoms with Crippen LogP contribution in [0.15, 0.2) is 48.5 Å². The van der Waals surface area contributed by atoms with E-state index in [1.165, 1.54) is 12.1 Å². The van der Waals surface area contributed by atoms with E-state index in [2.05, 4.69) is 32.2 Å². The molecular formula is C23H24FN3O. The fraction of sp³-hybridized carbons (Fsp3) is 0.304. The smallest absolute Gasteiger partial charge is 0.271 e. The lowest BCUT2D eigenvalue weighted by molar-refractivity contribution is 0.0953. The summed E-state index contributed by atoms with van der Waals surface area (Å²) in [7, 11) is 0. The Bertz CT molecular complexity index is 1020. The summed E-state index contributed by atoms with van der Waals surface area (Å²) in [6.45, 7) is 6.38. The first-order valence-electron chi connectivity index (χ1n) is 9.76. The van der Waals surface area contributed by atoms with Gasteiger partial charge in [-0.2, -0.15) is 5.10 Å². The second-order valence-electron chi connectivity index (χ2n) is 7.66. The van der Waals surface area contributed by atoms with Gasteiger partial charge in [0.1, 0.15) is 11.5 Å². The zero-order chi connectivity index (χ0) is 19.8. The van der Waals surface area contributed by atoms with E-state index < -0.39 is 0 Å². The molecule has 2 aromatic carbocycles. The van der Waals surface area contributed by atoms with E-state index in [1.54, 1.807) is 16.8 Å². The van der Waals surface area contributed by atoms with Crippen LogP contribution in [0.4, 0.5) is 4.39 Å². The third-order valence-electron chi connectivity index (χ3n) is 5.18. The van der Waals surface area contributed by atoms with Crippen LogP contribution in [0.2, 0.25) is 0 Å². The van der Waals surface area contributed by atoms with Gasteiger partial charge in [0, 0.05) is 5.56 Å². The van der Waals surface area contributed by atoms with E-state index in [0.29, 0.717) is 11.6 Å². The molecule has 2 heterocycles. The molecule has 28 heavy (non-hydrogen) atoms. The Labute approximate surface area is 164 Å². The largest absolute Gasteiger partial charge is 0.340 e. The Morgan fingerprint density at radius 3 is 2.54 bits per heavy atom. The fourth-order valence-corrected chi connectivity index (χ4v) is 3.90. The van der Waals surface area contributed by atoms with E-state index in [4.69, 9.17) is 5.10 Å². The van der Waals surface area contributed by atoms with Crippen molar-refractivity contribution in [3.05, 3.63) is 82.4 Å². The Kier molecular flexibility index (Phi) is 4.75. The summed E-state index contributed by atoms with van der Waals surface area (Å²) in [5, 5.41) is 7.95. The second kappa shape index (κ2) is 7.23. The maximum absolute atomic E-state index is 13.4. The molecule has 0 saturated heterocycles. The first-order valence-corrected chi connectivity index (χ1v) is 9.76. The highest BCUT2D eigenvalue weighted by Gasteiger charge is 2.38. The van der Waals surface area contributed by atoms with Crippen LogP contribution in [-0.2, 0) is 12.8 Å². The number of hydrogen-bond donors (Lipinski definition) is 1. The lowest BCUT2D eigenvalue weighted by Crippen LogP contribution is -2.23. The zero-order valence-electron chi connectivity index (χ0n) is 16.4. The van der Waals surface area contributed by atoms with Crippen molar-refractivity contribution in [3.8, 4) is 5.69 Å². The third-order valence-corrected chi connectivity index (χ3v) is 5.18. The van der Waals surface area contributed by atoms with Crippen LogP contribution in [-0.4, -0.2) is 15.7 Å². The van der Waals surface area contributed by atoms with Crippen molar-refractivity contribution < 1.29 is 9.18 Å². The van der Waals surface area contributed by atoms with Gasteiger partial charge in [0.2, 0.25) is 0 Å². The van der Waals surface area contributed by atoms with E-state index in [1.807, 2.05) is 18.2 Å². The molecule has 4 rings (SSSR count). The molecule has 0 aliphatic carbocycles. The summed E-state index contributed by atoms with van der Waals surface area (Å²) in [6.07, 6.45) is 1.63. The lowest BCUT2D eigenvalue weighted by Gasteiger charge is -2.14. The quantitative estimate of drug-likeness (QED) is 0.706. The predicted octanol–water partition coefficient (Wildman–Crippen LogP) is 4.61. The minimum atomic E-state index is -0.306. The van der Waals surface area contributed by atoms with Gasteiger partial charge in [0.05, 0.1) is 17.4 Å². The fourth-order valence-electron chi connectivity index (χ4n) is 3.90. The Morgan fingerprint density at radius 2 is 1.86 bits per heavy atom. The number of rotatable bonds is 5. The van der Waals surface area contributed by atoms with E-state index in [0.717, 1.165) is 40.9 Å². The summed E-state index contributed by atoms with van der Waals surface area (Å²) in [5.74, 6) is -0.0283. The number of amides is 1. The Morgan fingerprint density at radius 1 is 1.14 bits per heavy atom. The van der Waals surface area contributed by atoms with Gasteiger partial charge < -0.3 is 5.32 Å². The van der Waals surface area contributed by atoms with Crippen molar-refractivity contribution in [2.24, 2.45) is 5.92 Å². The van der Waals surface area contributed by atoms with E-state index in [-0.39, 0.29) is 17.8 Å². The normalized spacial score (nSPS) is 15.8. The minimum Gasteiger partial charge on any atom is -0.340 e. The van der Waals surface area contributed by atoms with Gasteiger partial charge in [-0.3, -0.25) is 4.79 Å². The predicted molar refractivity (Wildman–Crippen MR) is 107 cm³/mol. The molecule has 1 aliphatic heterocycles. The number of aryl methyl sites for hydroxylation is 1. The zero-order valence-corrected chi connectivity index (χ0v) is 16.4. The molecule has 0 spiro atoms. The number of fused-ring (bicyclic) bond motifs is 1. The number of hydrogen-bond acceptors (Lipinski definition) is 2. The van der Waals surface area contributed by atoms with Crippen molar-refractivity contribution in [3.63, 3.8) is 0 Å². The van der Waals surface area contributed by atoms with Crippen LogP contribution < -0.4 is 5.32 Å². The van der Waals surface area contributed by atoms with Crippen LogP contribution >= 0.6 is 0 Å². The molecule has 144 valence electrons. The third kappa shape index (κ3) is 3.11. The summed E-state index contributed by atoms with van der Waals surface area (Å²) in [6, 6.07) is 14.0. The maximum Gasteiger partial charge on any atom is 0.271 e. The molecule has 1 unspecified atom stereocenters. The van der Waals surface area contributed by atoms with Gasteiger partial charge in [0.15, 0.2) is 0 Å². The van der Waals surface area contributed by atoms with E-state index in [9.17, 15) is 9.18 Å². The summed E-state index contributed by atoms with van der Waals surface area (Å²) in [4.78, 5) is 13.0. The summed E-state index contributed by atoms with van der Waals surface area (Å²) in [5.41, 5.74) is 5.36. The number of nitrogens with one attached hydrogen (secondary N) is 1. The standard InChI is InChI=1S/C23H24FN3O/c1-4-15-7-5-6-8-19(15)27-22-20(18(26-27)13-14(2)3)21(25-23(22)28)16-9-11-17(24)12-10-16/h5-12,14,21H,4,13H2,1-3H3,(H,25,28). The van der Waals surface area contributed by atoms with Crippen molar-refractivity contribution in [1.29, 1.82) is 0 Å². The molecule has 1 amide bonds. The highest BCUT2D eigenvalue weighted by Crippen LogP contribution is 2.36. The molecular weight excluding hydrogens is 353 g/mol. The number of halogens is 1. The van der Waals surface area contributed by atoms with Crippen LogP contribution in [0.1, 0.15) is 59.7 Å². The van der Waals surface area contributed by atoms with Crippen molar-refractivity contribution in [2.45, 2.75) is 39.7 Å². The highest BCUT2D eigenvalue weighted by atomic mass is 19.1. The number of carbonyl (C=O) groups excluding carboxylic acids is 1. The first-order chi connectivity index (χ1) is 13.5. The molecule has 0 fully saturated rings. The number of benzene rings is 2. The summed E-state index contributed by atoms with van der Waals surface area (Å²) >= 11 is 0. The number of carbonyl (C=O) groups is 1. The molecule has 0 radical (unpaired) electrons. The van der Waals surface area contributed by atoms with E-state index >= 15 is 0 Å². The Hall–Kier alpha value is -2.95. The van der Waals surface area contributed by atoms with Gasteiger partial charge in [0.25, 0.3) is 5.91 Å². The van der Waals surface area contributed by atoms with Crippen LogP contribution in [0.25, 0.3) is 5.69 Å². The molecule has 5 heteroatoms. The van der Waals surface area contributed by atoms with Crippen LogP contribution in [0.3, 0.4) is 0 Å². The molecule has 0 bridgehead atoms. The SMILES string of the molecule is CCc1ccccc1-n1nc(CC(C)C)c2c1C(=O)NC2c1ccc(F)cc1. The Balaban J connectivity index is 1.91. The average Bonchev–Trinajstić information content (AvgIpc) is 3.21. The van der Waals surface area contributed by atoms with Gasteiger partial charge in [-0.05, 0) is 48.1 Å². The molecule has 0 saturated carbocycles. The molecule has 3 aromatic rings. The van der Waals surface area contributed by atoms with Crippen molar-refractivity contribution in [1.82, 2.24) is 15.1 Å². The number of nitrogens with zero attached hydrogens (tertiary/aromatic N) is 2. The first kappa shape index (κ1) is 18.4. The van der Waals surface area contributed by atoms with Crippen LogP contribution in [0, 0.1) is 11.7 Å². The topological polar surface area (TPSA) is 46.9 Å². The maximum atomic E-state index is 13.4. The molecule has 1 aliphatic rings. The van der Waals surface area contributed by atoms with Crippen molar-refractivity contribution in [2.75, 3.05) is 0 Å². The number of para-hydroxylation sites is 1. The van der Waals surface area contributed by atoms with Gasteiger partial charge in [-0.15, -0.1) is 0 Å². The lowest BCUT2D eigenvalue weighted by atomic mass is 9.96. The molecule has 1 atom stereocenters. The van der Waals surface area contributed by atoms with Gasteiger partial charge in [-0.1, -0.05) is 51.1 Å². The number of aromatic nitrogens is 2. The van der Waals surface area contributed by atoms with Crippen molar-refractivity contribution >= 4 is 5.91 Å². The van der Waals surface area contributed by atoms with Crippen LogP contribution in [0.5, 0.6) is 0 Å². The monoisotopic (exact) mass is 377 g/mol. The molecule has 1 aromatic heterocycles. The second-order valence-corrected chi connectivity index (χ2v) is 7.66. The highest BCUT2D eigenvalue weighted by molar-refractivity contribution is 5.99. The molecule has 4 nitrogen and oxygen atoms in total. The average molecular weight is 377 g/mol. The van der Waals surface area contributed by atoms with Gasteiger partial charge in [-0.25, -0.2) is 9.07 Å². The summed E-state index contributed by atoms with van der Waals surface area (Å²) < 4.78 is 15.2. The minimum absolute atomic E-state index is 0.141. The molecule has 1 N–H and O–H groups in total. The van der Waals surface area contributed by atoms with Gasteiger partial charge >= 0.3 is 0 Å².